The first-order chi connectivity index (χ1) is 10.2. The molecule has 120 valence electrons. The first-order valence-corrected chi connectivity index (χ1v) is 8.79. The predicted octanol–water partition coefficient (Wildman–Crippen LogP) is 2.75. The van der Waals surface area contributed by atoms with E-state index < -0.39 is 0 Å². The smallest absolute Gasteiger partial charge is 0.223 e. The van der Waals surface area contributed by atoms with Gasteiger partial charge in [-0.05, 0) is 82.3 Å². The second kappa shape index (κ2) is 6.64. The van der Waals surface area contributed by atoms with E-state index in [-0.39, 0.29) is 6.67 Å². The lowest BCUT2D eigenvalue weighted by molar-refractivity contribution is -0.123. The lowest BCUT2D eigenvalue weighted by Gasteiger charge is -2.32. The molecule has 3 nitrogen and oxygen atoms in total. The zero-order valence-corrected chi connectivity index (χ0v) is 13.1. The number of nitrogens with one attached hydrogen (secondary N) is 1. The Labute approximate surface area is 127 Å². The summed E-state index contributed by atoms with van der Waals surface area (Å²) in [6, 6.07) is 0. The molecule has 0 aromatic rings. The maximum atomic E-state index is 12.0. The third-order valence-corrected chi connectivity index (χ3v) is 5.78. The molecule has 1 heterocycles. The Hall–Kier alpha value is -0.640. The highest BCUT2D eigenvalue weighted by atomic mass is 19.1. The van der Waals surface area contributed by atoms with Crippen molar-refractivity contribution < 1.29 is 9.18 Å². The van der Waals surface area contributed by atoms with E-state index in [4.69, 9.17) is 0 Å². The summed E-state index contributed by atoms with van der Waals surface area (Å²) in [6.45, 7) is 4.10. The Morgan fingerprint density at radius 2 is 1.95 bits per heavy atom. The quantitative estimate of drug-likeness (QED) is 0.699. The summed E-state index contributed by atoms with van der Waals surface area (Å²) in [7, 11) is 0. The van der Waals surface area contributed by atoms with E-state index in [1.165, 1.54) is 25.7 Å². The fraction of sp³-hybridized carbons (Fsp3) is 0.941. The van der Waals surface area contributed by atoms with Crippen LogP contribution >= 0.6 is 0 Å². The Morgan fingerprint density at radius 3 is 2.57 bits per heavy atom. The third kappa shape index (κ3) is 3.97. The van der Waals surface area contributed by atoms with Gasteiger partial charge in [-0.1, -0.05) is 0 Å². The summed E-state index contributed by atoms with van der Waals surface area (Å²) >= 11 is 0. The van der Waals surface area contributed by atoms with Crippen LogP contribution in [-0.4, -0.2) is 43.7 Å². The van der Waals surface area contributed by atoms with Crippen LogP contribution in [0, 0.1) is 17.3 Å². The molecular formula is C17H29FN2O. The van der Waals surface area contributed by atoms with Gasteiger partial charge in [0.1, 0.15) is 0 Å². The third-order valence-electron chi connectivity index (χ3n) is 5.78. The summed E-state index contributed by atoms with van der Waals surface area (Å²) < 4.78 is 12.0. The molecule has 1 aliphatic heterocycles. The van der Waals surface area contributed by atoms with E-state index in [1.807, 2.05) is 0 Å². The van der Waals surface area contributed by atoms with Crippen LogP contribution in [0.3, 0.4) is 0 Å². The summed E-state index contributed by atoms with van der Waals surface area (Å²) in [6.07, 6.45) is 8.95. The van der Waals surface area contributed by atoms with Crippen molar-refractivity contribution in [3.8, 4) is 0 Å². The molecule has 0 radical (unpaired) electrons. The number of piperidine rings is 1. The Kier molecular flexibility index (Phi) is 4.82. The summed E-state index contributed by atoms with van der Waals surface area (Å²) in [5.41, 5.74) is 0.479. The molecule has 1 atom stereocenters. The van der Waals surface area contributed by atoms with E-state index in [0.29, 0.717) is 29.6 Å². The highest BCUT2D eigenvalue weighted by Crippen LogP contribution is 2.70. The van der Waals surface area contributed by atoms with Crippen LogP contribution in [-0.2, 0) is 4.79 Å². The van der Waals surface area contributed by atoms with E-state index in [1.54, 1.807) is 0 Å². The van der Waals surface area contributed by atoms with Crippen molar-refractivity contribution in [3.05, 3.63) is 0 Å². The number of alkyl halides is 1. The van der Waals surface area contributed by atoms with Crippen LogP contribution < -0.4 is 5.32 Å². The first kappa shape index (κ1) is 15.3. The van der Waals surface area contributed by atoms with Crippen molar-refractivity contribution in [2.75, 3.05) is 32.9 Å². The number of amides is 1. The van der Waals surface area contributed by atoms with Gasteiger partial charge in [-0.2, -0.15) is 0 Å². The van der Waals surface area contributed by atoms with Gasteiger partial charge in [-0.15, -0.1) is 0 Å². The highest BCUT2D eigenvalue weighted by molar-refractivity contribution is 5.83. The number of carbonyl (C=O) groups excluding carboxylic acids is 1. The van der Waals surface area contributed by atoms with Crippen LogP contribution in [0.1, 0.15) is 51.4 Å². The van der Waals surface area contributed by atoms with Crippen LogP contribution in [0.4, 0.5) is 4.39 Å². The normalized spacial score (nSPS) is 27.8. The monoisotopic (exact) mass is 296 g/mol. The van der Waals surface area contributed by atoms with Crippen LogP contribution in [0.5, 0.6) is 0 Å². The fourth-order valence-electron chi connectivity index (χ4n) is 3.82. The molecule has 0 aromatic heterocycles. The summed E-state index contributed by atoms with van der Waals surface area (Å²) in [5, 5.41) is 3.19. The lowest BCUT2D eigenvalue weighted by Crippen LogP contribution is -2.39. The molecule has 3 rings (SSSR count). The van der Waals surface area contributed by atoms with Gasteiger partial charge < -0.3 is 10.2 Å². The highest BCUT2D eigenvalue weighted by Gasteiger charge is 2.65. The maximum absolute atomic E-state index is 12.0. The van der Waals surface area contributed by atoms with E-state index in [2.05, 4.69) is 10.2 Å². The van der Waals surface area contributed by atoms with Crippen molar-refractivity contribution >= 4 is 5.91 Å². The van der Waals surface area contributed by atoms with Crippen molar-refractivity contribution in [2.45, 2.75) is 51.4 Å². The van der Waals surface area contributed by atoms with Gasteiger partial charge in [0, 0.05) is 12.5 Å². The van der Waals surface area contributed by atoms with E-state index in [0.717, 1.165) is 45.4 Å². The number of hydrogen-bond acceptors (Lipinski definition) is 2. The van der Waals surface area contributed by atoms with Gasteiger partial charge in [0.05, 0.1) is 6.67 Å². The minimum absolute atomic E-state index is 0.177. The minimum Gasteiger partial charge on any atom is -0.356 e. The molecule has 1 spiro atoms. The second-order valence-corrected chi connectivity index (χ2v) is 7.40. The second-order valence-electron chi connectivity index (χ2n) is 7.40. The van der Waals surface area contributed by atoms with Crippen LogP contribution in [0.25, 0.3) is 0 Å². The number of hydrogen-bond donors (Lipinski definition) is 1. The van der Waals surface area contributed by atoms with E-state index >= 15 is 0 Å². The summed E-state index contributed by atoms with van der Waals surface area (Å²) in [5.74, 6) is 1.33. The van der Waals surface area contributed by atoms with Gasteiger partial charge in [0.15, 0.2) is 0 Å². The largest absolute Gasteiger partial charge is 0.356 e. The van der Waals surface area contributed by atoms with Crippen LogP contribution in [0.15, 0.2) is 0 Å². The van der Waals surface area contributed by atoms with Crippen LogP contribution in [0.2, 0.25) is 0 Å². The Morgan fingerprint density at radius 1 is 1.19 bits per heavy atom. The average molecular weight is 296 g/mol. The molecule has 2 aliphatic carbocycles. The predicted molar refractivity (Wildman–Crippen MR) is 81.8 cm³/mol. The number of nitrogens with zero attached hydrogens (tertiary/aromatic N) is 1. The number of unbranched alkanes of at least 4 members (excludes halogenated alkanes) is 2. The molecule has 1 N–H and O–H groups in total. The molecule has 1 amide bonds. The number of likely N-dealkylation sites (tertiary alicyclic amines) is 1. The van der Waals surface area contributed by atoms with Crippen molar-refractivity contribution in [2.24, 2.45) is 17.3 Å². The van der Waals surface area contributed by atoms with Gasteiger partial charge in [-0.3, -0.25) is 9.18 Å². The van der Waals surface area contributed by atoms with E-state index in [9.17, 15) is 9.18 Å². The number of rotatable bonds is 8. The lowest BCUT2D eigenvalue weighted by atomic mass is 9.96. The average Bonchev–Trinajstić information content (AvgIpc) is 3.43. The number of halogens is 1. The van der Waals surface area contributed by atoms with Gasteiger partial charge >= 0.3 is 0 Å². The number of carbonyl (C=O) groups is 1. The van der Waals surface area contributed by atoms with Crippen molar-refractivity contribution in [1.29, 1.82) is 0 Å². The summed E-state index contributed by atoms with van der Waals surface area (Å²) in [4.78, 5) is 14.5. The minimum atomic E-state index is -0.177. The SMILES string of the molecule is O=C(NCC1CCN(CCCCCF)CC1)C1CC12CC2. The fourth-order valence-corrected chi connectivity index (χ4v) is 3.82. The zero-order valence-electron chi connectivity index (χ0n) is 13.1. The molecule has 21 heavy (non-hydrogen) atoms. The molecule has 1 saturated heterocycles. The molecule has 1 unspecified atom stereocenters. The molecule has 0 aromatic carbocycles. The van der Waals surface area contributed by atoms with Crippen molar-refractivity contribution in [3.63, 3.8) is 0 Å². The van der Waals surface area contributed by atoms with Gasteiger partial charge in [-0.25, -0.2) is 0 Å². The Balaban J connectivity index is 1.25. The molecule has 0 bridgehead atoms. The van der Waals surface area contributed by atoms with Gasteiger partial charge in [0.25, 0.3) is 0 Å². The van der Waals surface area contributed by atoms with Gasteiger partial charge in [0.2, 0.25) is 5.91 Å². The molecule has 3 fully saturated rings. The standard InChI is InChI=1S/C17H29FN2O/c18-8-2-1-3-9-20-10-4-14(5-11-20)13-19-16(21)15-12-17(15)6-7-17/h14-15H,1-13H2,(H,19,21). The van der Waals surface area contributed by atoms with Crippen molar-refractivity contribution in [1.82, 2.24) is 10.2 Å². The molecule has 3 aliphatic rings. The molecular weight excluding hydrogens is 267 g/mol. The first-order valence-electron chi connectivity index (χ1n) is 8.79. The maximum Gasteiger partial charge on any atom is 0.223 e. The topological polar surface area (TPSA) is 32.3 Å². The zero-order chi connectivity index (χ0) is 14.7. The molecule has 2 saturated carbocycles. The molecule has 4 heteroatoms. The Bertz CT molecular complexity index is 362.